The molecule has 2 aromatic rings. The Morgan fingerprint density at radius 2 is 1.12 bits per heavy atom. The lowest BCUT2D eigenvalue weighted by Gasteiger charge is -2.10. The minimum absolute atomic E-state index is 0.229. The third kappa shape index (κ3) is 7.49. The Morgan fingerprint density at radius 1 is 0.760 bits per heavy atom. The second-order valence-corrected chi connectivity index (χ2v) is 4.84. The second-order valence-electron chi connectivity index (χ2n) is 4.84. The van der Waals surface area contributed by atoms with Crippen LogP contribution in [0.1, 0.15) is 50.2 Å². The molecule has 0 saturated carbocycles. The van der Waals surface area contributed by atoms with E-state index in [0.717, 1.165) is 11.1 Å². The first-order chi connectivity index (χ1) is 12.1. The van der Waals surface area contributed by atoms with Gasteiger partial charge in [0, 0.05) is 43.3 Å². The number of nitrogens with zero attached hydrogens (tertiary/aromatic N) is 2. The molecule has 2 rings (SSSR count). The first-order valence-corrected chi connectivity index (χ1v) is 8.78. The van der Waals surface area contributed by atoms with Crippen LogP contribution in [0.2, 0.25) is 0 Å². The van der Waals surface area contributed by atoms with E-state index in [-0.39, 0.29) is 11.5 Å². The third-order valence-electron chi connectivity index (χ3n) is 3.26. The molecule has 6 heteroatoms. The Morgan fingerprint density at radius 3 is 1.48 bits per heavy atom. The van der Waals surface area contributed by atoms with Crippen molar-refractivity contribution in [3.05, 3.63) is 47.0 Å². The summed E-state index contributed by atoms with van der Waals surface area (Å²) in [5.74, 6) is 0.458. The lowest BCUT2D eigenvalue weighted by Crippen LogP contribution is -2.28. The van der Waals surface area contributed by atoms with Crippen molar-refractivity contribution in [3.8, 4) is 11.5 Å². The number of aryl methyl sites for hydroxylation is 2. The van der Waals surface area contributed by atoms with Crippen molar-refractivity contribution in [3.63, 3.8) is 0 Å². The van der Waals surface area contributed by atoms with Gasteiger partial charge in [-0.1, -0.05) is 27.7 Å². The molecular weight excluding hydrogens is 316 g/mol. The monoisotopic (exact) mass is 348 g/mol. The summed E-state index contributed by atoms with van der Waals surface area (Å²) in [7, 11) is 0. The minimum atomic E-state index is 0.229. The first kappa shape index (κ1) is 22.8. The predicted octanol–water partition coefficient (Wildman–Crippen LogP) is 3.39. The second kappa shape index (κ2) is 13.1. The van der Waals surface area contributed by atoms with Crippen LogP contribution < -0.4 is 10.6 Å². The molecule has 0 saturated heterocycles. The average molecular weight is 348 g/mol. The molecule has 0 aliphatic heterocycles. The highest BCUT2D eigenvalue weighted by Crippen LogP contribution is 2.19. The standard InChI is InChI=1S/C15H20N4O2.2C2H6/c1-10-14(20)12(3-5-18-10)7-16-9-17-8-13-4-6-19-11(2)15(13)21;2*1-2/h3-6,16-17,20-21H,7-9H2,1-2H3;2*1-2H3. The molecule has 25 heavy (non-hydrogen) atoms. The SMILES string of the molecule is CC.CC.Cc1nccc(CNCNCc2ccnc(C)c2O)c1O. The van der Waals surface area contributed by atoms with Gasteiger partial charge in [-0.2, -0.15) is 0 Å². The number of hydrogen-bond acceptors (Lipinski definition) is 6. The largest absolute Gasteiger partial charge is 0.506 e. The van der Waals surface area contributed by atoms with Crippen LogP contribution in [-0.4, -0.2) is 26.8 Å². The maximum Gasteiger partial charge on any atom is 0.141 e. The van der Waals surface area contributed by atoms with Gasteiger partial charge in [-0.05, 0) is 26.0 Å². The van der Waals surface area contributed by atoms with Crippen molar-refractivity contribution >= 4 is 0 Å². The smallest absolute Gasteiger partial charge is 0.141 e. The zero-order valence-electron chi connectivity index (χ0n) is 16.2. The molecule has 0 aliphatic rings. The van der Waals surface area contributed by atoms with Gasteiger partial charge in [0.05, 0.1) is 11.4 Å². The Kier molecular flexibility index (Phi) is 12.0. The van der Waals surface area contributed by atoms with Gasteiger partial charge in [-0.25, -0.2) is 0 Å². The molecule has 0 radical (unpaired) electrons. The molecule has 0 bridgehead atoms. The number of pyridine rings is 2. The fourth-order valence-electron chi connectivity index (χ4n) is 1.99. The van der Waals surface area contributed by atoms with E-state index in [2.05, 4.69) is 20.6 Å². The van der Waals surface area contributed by atoms with Crippen LogP contribution in [0.3, 0.4) is 0 Å². The number of aromatic hydroxyl groups is 2. The summed E-state index contributed by atoms with van der Waals surface area (Å²) in [6.07, 6.45) is 3.36. The molecule has 0 unspecified atom stereocenters. The maximum absolute atomic E-state index is 9.84. The molecule has 140 valence electrons. The summed E-state index contributed by atoms with van der Waals surface area (Å²) >= 11 is 0. The summed E-state index contributed by atoms with van der Waals surface area (Å²) in [5.41, 5.74) is 2.87. The van der Waals surface area contributed by atoms with Gasteiger partial charge in [0.25, 0.3) is 0 Å². The summed E-state index contributed by atoms with van der Waals surface area (Å²) in [6.45, 7) is 13.2. The van der Waals surface area contributed by atoms with Gasteiger partial charge in [0.15, 0.2) is 0 Å². The van der Waals surface area contributed by atoms with Crippen LogP contribution in [-0.2, 0) is 13.1 Å². The third-order valence-corrected chi connectivity index (χ3v) is 3.26. The lowest BCUT2D eigenvalue weighted by molar-refractivity contribution is 0.450. The molecule has 4 N–H and O–H groups in total. The van der Waals surface area contributed by atoms with Gasteiger partial charge < -0.3 is 20.8 Å². The molecular formula is C19H32N4O2. The van der Waals surface area contributed by atoms with Gasteiger partial charge >= 0.3 is 0 Å². The molecule has 0 aliphatic carbocycles. The average Bonchev–Trinajstić information content (AvgIpc) is 2.65. The Balaban J connectivity index is 0.00000134. The van der Waals surface area contributed by atoms with Crippen molar-refractivity contribution in [2.24, 2.45) is 0 Å². The Labute approximate surface area is 151 Å². The fraction of sp³-hybridized carbons (Fsp3) is 0.474. The molecule has 2 aromatic heterocycles. The van der Waals surface area contributed by atoms with E-state index < -0.39 is 0 Å². The lowest BCUT2D eigenvalue weighted by atomic mass is 10.2. The molecule has 0 atom stereocenters. The quantitative estimate of drug-likeness (QED) is 0.472. The van der Waals surface area contributed by atoms with Gasteiger partial charge in [-0.15, -0.1) is 0 Å². The van der Waals surface area contributed by atoms with E-state index in [1.807, 2.05) is 27.7 Å². The molecule has 0 spiro atoms. The zero-order chi connectivity index (χ0) is 19.2. The van der Waals surface area contributed by atoms with Crippen molar-refractivity contribution in [1.29, 1.82) is 0 Å². The molecule has 0 fully saturated rings. The van der Waals surface area contributed by atoms with Gasteiger partial charge in [0.1, 0.15) is 11.5 Å². The summed E-state index contributed by atoms with van der Waals surface area (Å²) in [5, 5.41) is 26.0. The molecule has 0 aromatic carbocycles. The van der Waals surface area contributed by atoms with Crippen molar-refractivity contribution in [2.45, 2.75) is 54.6 Å². The van der Waals surface area contributed by atoms with Crippen molar-refractivity contribution < 1.29 is 10.2 Å². The minimum Gasteiger partial charge on any atom is -0.506 e. The predicted molar refractivity (Wildman–Crippen MR) is 103 cm³/mol. The van der Waals surface area contributed by atoms with E-state index in [1.54, 1.807) is 38.4 Å². The van der Waals surface area contributed by atoms with E-state index in [0.29, 0.717) is 31.1 Å². The van der Waals surface area contributed by atoms with E-state index in [4.69, 9.17) is 0 Å². The van der Waals surface area contributed by atoms with E-state index >= 15 is 0 Å². The van der Waals surface area contributed by atoms with Gasteiger partial charge in [0.2, 0.25) is 0 Å². The van der Waals surface area contributed by atoms with Crippen LogP contribution in [0.5, 0.6) is 11.5 Å². The van der Waals surface area contributed by atoms with Crippen LogP contribution in [0.4, 0.5) is 0 Å². The highest BCUT2D eigenvalue weighted by Gasteiger charge is 2.05. The fourth-order valence-corrected chi connectivity index (χ4v) is 1.99. The van der Waals surface area contributed by atoms with Crippen LogP contribution in [0, 0.1) is 13.8 Å². The summed E-state index contributed by atoms with van der Waals surface area (Å²) in [4.78, 5) is 8.03. The Hall–Kier alpha value is -2.18. The normalized spacial score (nSPS) is 9.52. The zero-order valence-corrected chi connectivity index (χ0v) is 16.2. The molecule has 0 amide bonds. The van der Waals surface area contributed by atoms with E-state index in [1.165, 1.54) is 0 Å². The highest BCUT2D eigenvalue weighted by atomic mass is 16.3. The van der Waals surface area contributed by atoms with Crippen molar-refractivity contribution in [1.82, 2.24) is 20.6 Å². The molecule has 6 nitrogen and oxygen atoms in total. The Bertz CT molecular complexity index is 565. The maximum atomic E-state index is 9.84. The van der Waals surface area contributed by atoms with Crippen LogP contribution in [0.25, 0.3) is 0 Å². The van der Waals surface area contributed by atoms with E-state index in [9.17, 15) is 10.2 Å². The molecule has 2 heterocycles. The van der Waals surface area contributed by atoms with Crippen LogP contribution >= 0.6 is 0 Å². The summed E-state index contributed by atoms with van der Waals surface area (Å²) in [6, 6.07) is 3.57. The summed E-state index contributed by atoms with van der Waals surface area (Å²) < 4.78 is 0. The van der Waals surface area contributed by atoms with Gasteiger partial charge in [-0.3, -0.25) is 9.97 Å². The number of hydrogen-bond donors (Lipinski definition) is 4. The van der Waals surface area contributed by atoms with Crippen molar-refractivity contribution in [2.75, 3.05) is 6.67 Å². The number of rotatable bonds is 6. The number of aromatic nitrogens is 2. The number of nitrogens with one attached hydrogen (secondary N) is 2. The topological polar surface area (TPSA) is 90.3 Å². The van der Waals surface area contributed by atoms with Crippen LogP contribution in [0.15, 0.2) is 24.5 Å². The first-order valence-electron chi connectivity index (χ1n) is 8.78. The highest BCUT2D eigenvalue weighted by molar-refractivity contribution is 5.35.